The molecule has 0 fully saturated rings. The summed E-state index contributed by atoms with van der Waals surface area (Å²) < 4.78 is 18.7. The Balaban J connectivity index is 2.15. The van der Waals surface area contributed by atoms with Crippen molar-refractivity contribution >= 4 is 11.8 Å². The van der Waals surface area contributed by atoms with E-state index in [0.29, 0.717) is 31.7 Å². The normalized spacial score (nSPS) is 10.3. The molecular formula is C16H23FN2O3. The Bertz CT molecular complexity index is 480. The molecule has 122 valence electrons. The van der Waals surface area contributed by atoms with E-state index in [2.05, 4.69) is 17.6 Å². The maximum atomic E-state index is 13.4. The Morgan fingerprint density at radius 2 is 1.77 bits per heavy atom. The molecule has 0 saturated heterocycles. The summed E-state index contributed by atoms with van der Waals surface area (Å²) in [5.74, 6) is -1.90. The third-order valence-corrected chi connectivity index (χ3v) is 3.00. The maximum absolute atomic E-state index is 13.4. The minimum Gasteiger partial charge on any atom is -0.381 e. The molecule has 0 heterocycles. The predicted molar refractivity (Wildman–Crippen MR) is 81.6 cm³/mol. The summed E-state index contributed by atoms with van der Waals surface area (Å²) in [6.45, 7) is 3.71. The Labute approximate surface area is 130 Å². The summed E-state index contributed by atoms with van der Waals surface area (Å²) in [4.78, 5) is 23.1. The van der Waals surface area contributed by atoms with Gasteiger partial charge in [0, 0.05) is 31.9 Å². The summed E-state index contributed by atoms with van der Waals surface area (Å²) in [6, 6.07) is 6.10. The molecular weight excluding hydrogens is 287 g/mol. The average Bonchev–Trinajstić information content (AvgIpc) is 2.52. The van der Waals surface area contributed by atoms with Gasteiger partial charge in [-0.25, -0.2) is 4.39 Å². The smallest absolute Gasteiger partial charge is 0.309 e. The van der Waals surface area contributed by atoms with E-state index in [1.54, 1.807) is 18.2 Å². The van der Waals surface area contributed by atoms with Crippen LogP contribution in [0.15, 0.2) is 24.3 Å². The van der Waals surface area contributed by atoms with Gasteiger partial charge < -0.3 is 15.4 Å². The second-order valence-electron chi connectivity index (χ2n) is 4.85. The van der Waals surface area contributed by atoms with Gasteiger partial charge in [0.2, 0.25) is 0 Å². The van der Waals surface area contributed by atoms with E-state index >= 15 is 0 Å². The first-order chi connectivity index (χ1) is 10.6. The lowest BCUT2D eigenvalue weighted by Crippen LogP contribution is -2.40. The molecule has 0 radical (unpaired) electrons. The topological polar surface area (TPSA) is 67.4 Å². The van der Waals surface area contributed by atoms with Gasteiger partial charge in [-0.2, -0.15) is 0 Å². The van der Waals surface area contributed by atoms with Gasteiger partial charge in [-0.1, -0.05) is 31.5 Å². The number of unbranched alkanes of at least 4 members (excludes halogenated alkanes) is 1. The van der Waals surface area contributed by atoms with E-state index in [1.165, 1.54) is 6.07 Å². The lowest BCUT2D eigenvalue weighted by atomic mass is 10.2. The zero-order valence-corrected chi connectivity index (χ0v) is 12.9. The third-order valence-electron chi connectivity index (χ3n) is 3.00. The van der Waals surface area contributed by atoms with Crippen LogP contribution in [0.1, 0.15) is 31.7 Å². The van der Waals surface area contributed by atoms with Crippen LogP contribution in [0.4, 0.5) is 4.39 Å². The number of carbonyl (C=O) groups excluding carboxylic acids is 2. The fourth-order valence-corrected chi connectivity index (χ4v) is 1.70. The molecule has 1 aromatic rings. The van der Waals surface area contributed by atoms with Gasteiger partial charge in [0.1, 0.15) is 5.82 Å². The largest absolute Gasteiger partial charge is 0.381 e. The number of hydrogen-bond acceptors (Lipinski definition) is 3. The van der Waals surface area contributed by atoms with Crippen molar-refractivity contribution in [2.24, 2.45) is 0 Å². The van der Waals surface area contributed by atoms with Crippen LogP contribution in [0.25, 0.3) is 0 Å². The fourth-order valence-electron chi connectivity index (χ4n) is 1.70. The van der Waals surface area contributed by atoms with Gasteiger partial charge >= 0.3 is 11.8 Å². The summed E-state index contributed by atoms with van der Waals surface area (Å²) in [7, 11) is 0. The molecule has 0 aliphatic carbocycles. The molecule has 22 heavy (non-hydrogen) atoms. The van der Waals surface area contributed by atoms with Gasteiger partial charge in [0.05, 0.1) is 0 Å². The molecule has 0 spiro atoms. The predicted octanol–water partition coefficient (Wildman–Crippen LogP) is 1.76. The second-order valence-corrected chi connectivity index (χ2v) is 4.85. The van der Waals surface area contributed by atoms with Gasteiger partial charge in [0.15, 0.2) is 0 Å². The number of nitrogens with one attached hydrogen (secondary N) is 2. The molecule has 0 aliphatic heterocycles. The number of carbonyl (C=O) groups is 2. The van der Waals surface area contributed by atoms with E-state index < -0.39 is 17.6 Å². The van der Waals surface area contributed by atoms with Crippen molar-refractivity contribution in [1.29, 1.82) is 0 Å². The molecule has 0 aliphatic rings. The molecule has 0 saturated carbocycles. The van der Waals surface area contributed by atoms with Gasteiger partial charge in [0.25, 0.3) is 0 Å². The van der Waals surface area contributed by atoms with Crippen molar-refractivity contribution in [3.63, 3.8) is 0 Å². The lowest BCUT2D eigenvalue weighted by Gasteiger charge is -2.07. The van der Waals surface area contributed by atoms with Crippen LogP contribution in [0, 0.1) is 5.82 Å². The molecule has 0 atom stereocenters. The highest BCUT2D eigenvalue weighted by Crippen LogP contribution is 2.05. The van der Waals surface area contributed by atoms with E-state index in [0.717, 1.165) is 12.8 Å². The zero-order valence-electron chi connectivity index (χ0n) is 12.9. The standard InChI is InChI=1S/C16H23FN2O3/c1-2-3-10-22-11-6-9-18-15(20)16(21)19-12-13-7-4-5-8-14(13)17/h4-5,7-8H,2-3,6,9-12H2,1H3,(H,18,20)(H,19,21). The molecule has 1 rings (SSSR count). The highest BCUT2D eigenvalue weighted by atomic mass is 19.1. The van der Waals surface area contributed by atoms with Crippen LogP contribution in [-0.4, -0.2) is 31.6 Å². The third kappa shape index (κ3) is 7.17. The first-order valence-corrected chi connectivity index (χ1v) is 7.52. The SMILES string of the molecule is CCCCOCCCNC(=O)C(=O)NCc1ccccc1F. The molecule has 0 aromatic heterocycles. The molecule has 5 nitrogen and oxygen atoms in total. The molecule has 0 unspecified atom stereocenters. The van der Waals surface area contributed by atoms with Gasteiger partial charge in [-0.3, -0.25) is 9.59 Å². The van der Waals surface area contributed by atoms with Crippen molar-refractivity contribution in [2.75, 3.05) is 19.8 Å². The quantitative estimate of drug-likeness (QED) is 0.539. The summed E-state index contributed by atoms with van der Waals surface area (Å²) >= 11 is 0. The van der Waals surface area contributed by atoms with E-state index in [1.807, 2.05) is 0 Å². The highest BCUT2D eigenvalue weighted by molar-refractivity contribution is 6.35. The van der Waals surface area contributed by atoms with Crippen molar-refractivity contribution in [1.82, 2.24) is 10.6 Å². The van der Waals surface area contributed by atoms with Gasteiger partial charge in [-0.05, 0) is 18.9 Å². The zero-order chi connectivity index (χ0) is 16.2. The lowest BCUT2D eigenvalue weighted by molar-refractivity contribution is -0.139. The van der Waals surface area contributed by atoms with Crippen LogP contribution >= 0.6 is 0 Å². The van der Waals surface area contributed by atoms with Crippen molar-refractivity contribution < 1.29 is 18.7 Å². The van der Waals surface area contributed by atoms with Crippen molar-refractivity contribution in [2.45, 2.75) is 32.7 Å². The Morgan fingerprint density at radius 1 is 1.09 bits per heavy atom. The first kappa shape index (κ1) is 18.1. The molecule has 0 bridgehead atoms. The minimum atomic E-state index is -0.768. The van der Waals surface area contributed by atoms with E-state index in [-0.39, 0.29) is 6.54 Å². The van der Waals surface area contributed by atoms with Crippen LogP contribution in [0.2, 0.25) is 0 Å². The van der Waals surface area contributed by atoms with Crippen LogP contribution in [0.3, 0.4) is 0 Å². The number of benzene rings is 1. The monoisotopic (exact) mass is 310 g/mol. The van der Waals surface area contributed by atoms with Crippen LogP contribution in [0.5, 0.6) is 0 Å². The second kappa shape index (κ2) is 10.7. The Hall–Kier alpha value is -1.95. The number of rotatable bonds is 9. The molecule has 2 amide bonds. The summed E-state index contributed by atoms with van der Waals surface area (Å²) in [5, 5.41) is 4.89. The van der Waals surface area contributed by atoms with Gasteiger partial charge in [-0.15, -0.1) is 0 Å². The number of ether oxygens (including phenoxy) is 1. The molecule has 2 N–H and O–H groups in total. The van der Waals surface area contributed by atoms with Crippen molar-refractivity contribution in [3.8, 4) is 0 Å². The number of halogens is 1. The summed E-state index contributed by atoms with van der Waals surface area (Å²) in [6.07, 6.45) is 2.75. The Kier molecular flexibility index (Phi) is 8.83. The average molecular weight is 310 g/mol. The molecule has 6 heteroatoms. The van der Waals surface area contributed by atoms with Crippen molar-refractivity contribution in [3.05, 3.63) is 35.6 Å². The number of amides is 2. The van der Waals surface area contributed by atoms with E-state index in [4.69, 9.17) is 4.74 Å². The maximum Gasteiger partial charge on any atom is 0.309 e. The first-order valence-electron chi connectivity index (χ1n) is 7.52. The van der Waals surface area contributed by atoms with E-state index in [9.17, 15) is 14.0 Å². The minimum absolute atomic E-state index is 0.0148. The highest BCUT2D eigenvalue weighted by Gasteiger charge is 2.12. The Morgan fingerprint density at radius 3 is 2.50 bits per heavy atom. The van der Waals surface area contributed by atoms with Crippen LogP contribution < -0.4 is 10.6 Å². The summed E-state index contributed by atoms with van der Waals surface area (Å²) in [5.41, 5.74) is 0.341. The number of hydrogen-bond donors (Lipinski definition) is 2. The molecule has 1 aromatic carbocycles. The fraction of sp³-hybridized carbons (Fsp3) is 0.500. The van der Waals surface area contributed by atoms with Crippen LogP contribution in [-0.2, 0) is 20.9 Å².